The minimum absolute atomic E-state index is 0.136. The van der Waals surface area contributed by atoms with Crippen molar-refractivity contribution < 1.29 is 19.1 Å². The van der Waals surface area contributed by atoms with Crippen LogP contribution in [0, 0.1) is 0 Å². The van der Waals surface area contributed by atoms with E-state index in [1.165, 1.54) is 6.08 Å². The van der Waals surface area contributed by atoms with Crippen LogP contribution >= 0.6 is 0 Å². The van der Waals surface area contributed by atoms with Crippen LogP contribution < -0.4 is 25.6 Å². The number of amides is 3. The smallest absolute Gasteiger partial charge is 0.255 e. The zero-order chi connectivity index (χ0) is 33.1. The number of aromatic nitrogens is 2. The number of pyridine rings is 2. The van der Waals surface area contributed by atoms with Gasteiger partial charge in [-0.15, -0.1) is 0 Å². The number of rotatable bonds is 9. The Balaban J connectivity index is 1.12. The Morgan fingerprint density at radius 1 is 0.957 bits per heavy atom. The molecule has 3 N–H and O–H groups in total. The van der Waals surface area contributed by atoms with E-state index >= 15 is 0 Å². The molecule has 3 amide bonds. The lowest BCUT2D eigenvalue weighted by atomic mass is 9.87. The molecule has 0 bridgehead atoms. The summed E-state index contributed by atoms with van der Waals surface area (Å²) in [5, 5.41) is 8.95. The highest BCUT2D eigenvalue weighted by molar-refractivity contribution is 6.05. The molecule has 4 aromatic rings. The third-order valence-corrected chi connectivity index (χ3v) is 7.98. The van der Waals surface area contributed by atoms with Gasteiger partial charge in [-0.3, -0.25) is 19.4 Å². The zero-order valence-electron chi connectivity index (χ0n) is 26.8. The molecule has 0 saturated carbocycles. The molecule has 2 aromatic heterocycles. The molecule has 2 aliphatic heterocycles. The molecule has 0 spiro atoms. The Kier molecular flexibility index (Phi) is 8.73. The number of hydrogen-bond donors (Lipinski definition) is 3. The third-order valence-electron chi connectivity index (χ3n) is 7.98. The second-order valence-corrected chi connectivity index (χ2v) is 12.3. The SMILES string of the molecule is CN(C)C/C=C/C(=O)Nc1ccc(C(=O)Nc2cncc(Nc3cc4c(cn3)-c3ccc(N5CCCC5=O)cc3OC4(C)C)c2)cc1. The third kappa shape index (κ3) is 7.15. The van der Waals surface area contributed by atoms with Crippen molar-refractivity contribution in [3.05, 3.63) is 96.5 Å². The van der Waals surface area contributed by atoms with Gasteiger partial charge < -0.3 is 30.5 Å². The molecule has 2 aliphatic rings. The van der Waals surface area contributed by atoms with Gasteiger partial charge in [0.05, 0.1) is 23.8 Å². The summed E-state index contributed by atoms with van der Waals surface area (Å²) in [4.78, 5) is 50.1. The Morgan fingerprint density at radius 2 is 1.74 bits per heavy atom. The molecule has 0 unspecified atom stereocenters. The number of nitrogens with zero attached hydrogens (tertiary/aromatic N) is 4. The van der Waals surface area contributed by atoms with E-state index < -0.39 is 5.60 Å². The van der Waals surface area contributed by atoms with Crippen LogP contribution in [-0.4, -0.2) is 59.8 Å². The molecule has 4 heterocycles. The van der Waals surface area contributed by atoms with Crippen LogP contribution in [-0.2, 0) is 15.2 Å². The molecule has 0 radical (unpaired) electrons. The van der Waals surface area contributed by atoms with Crippen LogP contribution in [0.5, 0.6) is 5.75 Å². The van der Waals surface area contributed by atoms with Gasteiger partial charge in [-0.2, -0.15) is 0 Å². The quantitative estimate of drug-likeness (QED) is 0.193. The monoisotopic (exact) mass is 631 g/mol. The average Bonchev–Trinajstić information content (AvgIpc) is 3.46. The van der Waals surface area contributed by atoms with Crippen molar-refractivity contribution in [2.75, 3.05) is 48.0 Å². The number of likely N-dealkylation sites (N-methyl/N-ethyl adjacent to an activating group) is 1. The van der Waals surface area contributed by atoms with Gasteiger partial charge in [0.25, 0.3) is 5.91 Å². The van der Waals surface area contributed by atoms with Crippen molar-refractivity contribution in [3.63, 3.8) is 0 Å². The minimum atomic E-state index is -0.648. The fourth-order valence-electron chi connectivity index (χ4n) is 5.66. The largest absolute Gasteiger partial charge is 0.482 e. The Morgan fingerprint density at radius 3 is 2.49 bits per heavy atom. The first-order valence-corrected chi connectivity index (χ1v) is 15.5. The van der Waals surface area contributed by atoms with Crippen molar-refractivity contribution >= 4 is 46.3 Å². The molecule has 240 valence electrons. The number of fused-ring (bicyclic) bond motifs is 3. The maximum atomic E-state index is 13.0. The van der Waals surface area contributed by atoms with Gasteiger partial charge in [0.2, 0.25) is 11.8 Å². The number of nitrogens with one attached hydrogen (secondary N) is 3. The topological polar surface area (TPSA) is 129 Å². The fraction of sp³-hybridized carbons (Fsp3) is 0.250. The van der Waals surface area contributed by atoms with Crippen LogP contribution in [0.1, 0.15) is 42.6 Å². The standard InChI is InChI=1S/C36H37N7O4/c1-36(2)30-19-32(38-22-29(30)28-14-13-27(18-31(28)47-36)43-16-6-8-34(43)45)39-25-17-26(21-37-20-25)41-35(46)23-9-11-24(12-10-23)40-33(44)7-5-15-42(3)4/h5,7,9-14,17-22H,6,8,15-16H2,1-4H3,(H,38,39)(H,40,44)(H,41,46)/b7-5+. The molecule has 0 atom stereocenters. The van der Waals surface area contributed by atoms with Gasteiger partial charge in [0.1, 0.15) is 17.2 Å². The summed E-state index contributed by atoms with van der Waals surface area (Å²) in [6.45, 7) is 5.40. The lowest BCUT2D eigenvalue weighted by molar-refractivity contribution is -0.117. The molecule has 2 aromatic carbocycles. The minimum Gasteiger partial charge on any atom is -0.482 e. The van der Waals surface area contributed by atoms with Crippen molar-refractivity contribution in [1.29, 1.82) is 0 Å². The van der Waals surface area contributed by atoms with Crippen molar-refractivity contribution in [2.24, 2.45) is 0 Å². The van der Waals surface area contributed by atoms with Crippen LogP contribution in [0.4, 0.5) is 28.6 Å². The Labute approximate surface area is 273 Å². The summed E-state index contributed by atoms with van der Waals surface area (Å²) in [7, 11) is 3.85. The van der Waals surface area contributed by atoms with E-state index in [0.29, 0.717) is 41.4 Å². The number of carbonyl (C=O) groups is 3. The maximum Gasteiger partial charge on any atom is 0.255 e. The lowest BCUT2D eigenvalue weighted by Gasteiger charge is -2.35. The summed E-state index contributed by atoms with van der Waals surface area (Å²) in [5.74, 6) is 0.912. The first kappa shape index (κ1) is 31.4. The summed E-state index contributed by atoms with van der Waals surface area (Å²) in [6.07, 6.45) is 9.74. The van der Waals surface area contributed by atoms with E-state index in [1.807, 2.05) is 68.2 Å². The van der Waals surface area contributed by atoms with Gasteiger partial charge in [-0.1, -0.05) is 6.08 Å². The Hall–Kier alpha value is -5.55. The normalized spacial score (nSPS) is 14.8. The number of ether oxygens (including phenoxy) is 1. The number of anilines is 5. The van der Waals surface area contributed by atoms with Gasteiger partial charge in [-0.05, 0) is 82.9 Å². The average molecular weight is 632 g/mol. The van der Waals surface area contributed by atoms with Gasteiger partial charge in [-0.25, -0.2) is 4.98 Å². The molecule has 1 fully saturated rings. The van der Waals surface area contributed by atoms with Crippen molar-refractivity contribution in [2.45, 2.75) is 32.3 Å². The number of benzene rings is 2. The molecular weight excluding hydrogens is 594 g/mol. The highest BCUT2D eigenvalue weighted by atomic mass is 16.5. The van der Waals surface area contributed by atoms with E-state index in [0.717, 1.165) is 41.1 Å². The molecule has 47 heavy (non-hydrogen) atoms. The van der Waals surface area contributed by atoms with Crippen LogP contribution in [0.3, 0.4) is 0 Å². The van der Waals surface area contributed by atoms with E-state index in [9.17, 15) is 14.4 Å². The maximum absolute atomic E-state index is 13.0. The molecule has 11 heteroatoms. The highest BCUT2D eigenvalue weighted by Crippen LogP contribution is 2.47. The number of carbonyl (C=O) groups excluding carboxylic acids is 3. The van der Waals surface area contributed by atoms with Gasteiger partial charge in [0, 0.05) is 71.5 Å². The predicted molar refractivity (Wildman–Crippen MR) is 183 cm³/mol. The van der Waals surface area contributed by atoms with Crippen LogP contribution in [0.25, 0.3) is 11.1 Å². The second-order valence-electron chi connectivity index (χ2n) is 12.3. The second kappa shape index (κ2) is 13.1. The lowest BCUT2D eigenvalue weighted by Crippen LogP contribution is -2.30. The van der Waals surface area contributed by atoms with E-state index in [1.54, 1.807) is 48.8 Å². The summed E-state index contributed by atoms with van der Waals surface area (Å²) in [5.41, 5.74) is 5.23. The summed E-state index contributed by atoms with van der Waals surface area (Å²) >= 11 is 0. The van der Waals surface area contributed by atoms with E-state index in [-0.39, 0.29) is 17.7 Å². The van der Waals surface area contributed by atoms with Crippen LogP contribution in [0.2, 0.25) is 0 Å². The van der Waals surface area contributed by atoms with Crippen molar-refractivity contribution in [3.8, 4) is 16.9 Å². The first-order chi connectivity index (χ1) is 22.6. The van der Waals surface area contributed by atoms with E-state index in [2.05, 4.69) is 25.9 Å². The highest BCUT2D eigenvalue weighted by Gasteiger charge is 2.34. The van der Waals surface area contributed by atoms with E-state index in [4.69, 9.17) is 4.74 Å². The first-order valence-electron chi connectivity index (χ1n) is 15.5. The molecular formula is C36H37N7O4. The molecule has 0 aliphatic carbocycles. The predicted octanol–water partition coefficient (Wildman–Crippen LogP) is 5.95. The van der Waals surface area contributed by atoms with Crippen molar-refractivity contribution in [1.82, 2.24) is 14.9 Å². The Bertz CT molecular complexity index is 1870. The fourth-order valence-corrected chi connectivity index (χ4v) is 5.66. The molecule has 11 nitrogen and oxygen atoms in total. The van der Waals surface area contributed by atoms with Gasteiger partial charge >= 0.3 is 0 Å². The molecule has 1 saturated heterocycles. The zero-order valence-corrected chi connectivity index (χ0v) is 26.8. The van der Waals surface area contributed by atoms with Gasteiger partial charge in [0.15, 0.2) is 0 Å². The van der Waals surface area contributed by atoms with Crippen LogP contribution in [0.15, 0.2) is 85.3 Å². The molecule has 6 rings (SSSR count). The summed E-state index contributed by atoms with van der Waals surface area (Å²) < 4.78 is 6.46. The summed E-state index contributed by atoms with van der Waals surface area (Å²) in [6, 6.07) is 16.3. The number of hydrogen-bond acceptors (Lipinski definition) is 8.